The predicted molar refractivity (Wildman–Crippen MR) is 115 cm³/mol. The molecule has 2 aromatic heterocycles. The molecule has 0 radical (unpaired) electrons. The van der Waals surface area contributed by atoms with Crippen LogP contribution in [-0.4, -0.2) is 46.2 Å². The number of aromatic nitrogens is 2. The van der Waals surface area contributed by atoms with E-state index >= 15 is 0 Å². The number of pyridine rings is 1. The number of aliphatic hydroxyl groups is 1. The number of H-pyrrole nitrogens is 1. The molecule has 1 aromatic carbocycles. The molecule has 184 valence electrons. The Hall–Kier alpha value is -3.93. The van der Waals surface area contributed by atoms with Crippen molar-refractivity contribution < 1.29 is 37.0 Å². The lowest BCUT2D eigenvalue weighted by Crippen LogP contribution is -2.52. The summed E-state index contributed by atoms with van der Waals surface area (Å²) in [6.07, 6.45) is -3.88. The zero-order chi connectivity index (χ0) is 25.6. The average Bonchev–Trinajstić information content (AvgIpc) is 3.46. The maximum atomic E-state index is 14.3. The van der Waals surface area contributed by atoms with Crippen LogP contribution in [0.1, 0.15) is 28.7 Å². The lowest BCUT2D eigenvalue weighted by atomic mass is 9.81. The molecular weight excluding hydrogens is 472 g/mol. The van der Waals surface area contributed by atoms with Crippen LogP contribution in [0.2, 0.25) is 0 Å². The van der Waals surface area contributed by atoms with E-state index in [1.54, 1.807) is 0 Å². The van der Waals surface area contributed by atoms with Gasteiger partial charge in [-0.1, -0.05) is 0 Å². The normalized spacial score (nSPS) is 18.9. The molecule has 3 heterocycles. The van der Waals surface area contributed by atoms with E-state index in [2.05, 4.69) is 15.3 Å². The van der Waals surface area contributed by atoms with Crippen LogP contribution in [0.4, 0.5) is 17.6 Å². The monoisotopic (exact) mass is 492 g/mol. The SMILES string of the molecule is C[C@]1(C(N)=O)COc2c1cc([C@@](O)(CNC(=O)c1ccc[nH]1)C(F)(F)F)nc2-c1ccc(F)cc1. The zero-order valence-electron chi connectivity index (χ0n) is 18.2. The topological polar surface area (TPSA) is 130 Å². The van der Waals surface area contributed by atoms with Gasteiger partial charge >= 0.3 is 6.18 Å². The van der Waals surface area contributed by atoms with E-state index in [9.17, 15) is 32.3 Å². The predicted octanol–water partition coefficient (Wildman–Crippen LogP) is 2.53. The number of nitrogens with zero attached hydrogens (tertiary/aromatic N) is 1. The fraction of sp³-hybridized carbons (Fsp3) is 0.261. The van der Waals surface area contributed by atoms with Gasteiger partial charge in [-0.2, -0.15) is 13.2 Å². The number of amides is 2. The third-order valence-corrected chi connectivity index (χ3v) is 5.97. The molecule has 8 nitrogen and oxygen atoms in total. The van der Waals surface area contributed by atoms with Crippen LogP contribution < -0.4 is 15.8 Å². The molecule has 1 aliphatic heterocycles. The van der Waals surface area contributed by atoms with Crippen molar-refractivity contribution in [1.29, 1.82) is 0 Å². The smallest absolute Gasteiger partial charge is 0.424 e. The molecule has 5 N–H and O–H groups in total. The van der Waals surface area contributed by atoms with Gasteiger partial charge in [0.25, 0.3) is 5.91 Å². The van der Waals surface area contributed by atoms with Crippen LogP contribution in [0, 0.1) is 5.82 Å². The minimum atomic E-state index is -5.29. The number of rotatable bonds is 6. The number of halogens is 4. The Morgan fingerprint density at radius 1 is 1.26 bits per heavy atom. The number of nitrogens with two attached hydrogens (primary N) is 1. The molecule has 4 rings (SSSR count). The first-order valence-corrected chi connectivity index (χ1v) is 10.3. The Morgan fingerprint density at radius 3 is 2.51 bits per heavy atom. The van der Waals surface area contributed by atoms with Crippen LogP contribution in [0.5, 0.6) is 5.75 Å². The summed E-state index contributed by atoms with van der Waals surface area (Å²) in [6, 6.07) is 8.41. The highest BCUT2D eigenvalue weighted by atomic mass is 19.4. The fourth-order valence-electron chi connectivity index (χ4n) is 3.71. The number of nitrogens with one attached hydrogen (secondary N) is 2. The molecule has 2 atom stereocenters. The highest BCUT2D eigenvalue weighted by Crippen LogP contribution is 2.47. The maximum Gasteiger partial charge on any atom is 0.424 e. The van der Waals surface area contributed by atoms with Gasteiger partial charge in [0, 0.05) is 17.3 Å². The summed E-state index contributed by atoms with van der Waals surface area (Å²) >= 11 is 0. The zero-order valence-corrected chi connectivity index (χ0v) is 18.2. The average molecular weight is 492 g/mol. The number of fused-ring (bicyclic) bond motifs is 1. The number of carbonyl (C=O) groups excluding carboxylic acids is 2. The third-order valence-electron chi connectivity index (χ3n) is 5.97. The van der Waals surface area contributed by atoms with Gasteiger partial charge in [-0.25, -0.2) is 9.37 Å². The summed E-state index contributed by atoms with van der Waals surface area (Å²) in [5.41, 5.74) is -0.565. The van der Waals surface area contributed by atoms with Crippen molar-refractivity contribution >= 4 is 11.8 Å². The molecule has 0 saturated heterocycles. The minimum Gasteiger partial charge on any atom is -0.489 e. The Balaban J connectivity index is 1.87. The van der Waals surface area contributed by atoms with Gasteiger partial charge in [-0.3, -0.25) is 9.59 Å². The van der Waals surface area contributed by atoms with E-state index in [4.69, 9.17) is 10.5 Å². The van der Waals surface area contributed by atoms with Crippen molar-refractivity contribution in [3.05, 3.63) is 71.4 Å². The number of primary amides is 1. The van der Waals surface area contributed by atoms with Crippen molar-refractivity contribution in [3.8, 4) is 17.0 Å². The second-order valence-electron chi connectivity index (χ2n) is 8.35. The van der Waals surface area contributed by atoms with Crippen molar-refractivity contribution in [2.24, 2.45) is 5.73 Å². The summed E-state index contributed by atoms with van der Waals surface area (Å²) in [7, 11) is 0. The van der Waals surface area contributed by atoms with E-state index in [1.165, 1.54) is 37.4 Å². The van der Waals surface area contributed by atoms with Crippen molar-refractivity contribution in [3.63, 3.8) is 0 Å². The van der Waals surface area contributed by atoms with E-state index < -0.39 is 47.1 Å². The molecule has 1 aliphatic rings. The maximum absolute atomic E-state index is 14.3. The van der Waals surface area contributed by atoms with E-state index in [1.807, 2.05) is 0 Å². The van der Waals surface area contributed by atoms with Gasteiger partial charge in [0.2, 0.25) is 11.5 Å². The Kier molecular flexibility index (Phi) is 5.79. The molecule has 0 unspecified atom stereocenters. The van der Waals surface area contributed by atoms with E-state index in [0.717, 1.165) is 18.2 Å². The van der Waals surface area contributed by atoms with Crippen LogP contribution in [0.3, 0.4) is 0 Å². The lowest BCUT2D eigenvalue weighted by molar-refractivity contribution is -0.265. The number of hydrogen-bond acceptors (Lipinski definition) is 5. The molecule has 0 fully saturated rings. The largest absolute Gasteiger partial charge is 0.489 e. The van der Waals surface area contributed by atoms with Gasteiger partial charge in [-0.05, 0) is 49.4 Å². The van der Waals surface area contributed by atoms with Gasteiger partial charge in [0.15, 0.2) is 0 Å². The molecule has 0 spiro atoms. The quantitative estimate of drug-likeness (QED) is 0.393. The van der Waals surface area contributed by atoms with Crippen LogP contribution in [0.25, 0.3) is 11.3 Å². The first-order chi connectivity index (χ1) is 16.4. The summed E-state index contributed by atoms with van der Waals surface area (Å²) in [5.74, 6) is -2.36. The molecule has 0 aliphatic carbocycles. The summed E-state index contributed by atoms with van der Waals surface area (Å²) in [4.78, 5) is 31.0. The van der Waals surface area contributed by atoms with Crippen molar-refractivity contribution in [2.75, 3.05) is 13.2 Å². The standard InChI is InChI=1S/C23H20F4N4O4/c1-21(20(28)33)11-35-18-14(21)9-16(31-17(18)12-4-6-13(24)7-5-12)22(34,23(25,26)27)10-30-19(32)15-3-2-8-29-15/h2-9,29,34H,10-11H2,1H3,(H2,28,33)(H,30,32)/t21-,22-/m0/s1. The number of benzene rings is 1. The van der Waals surface area contributed by atoms with Crippen LogP contribution in [-0.2, 0) is 15.8 Å². The second kappa shape index (κ2) is 8.38. The van der Waals surface area contributed by atoms with E-state index in [-0.39, 0.29) is 34.9 Å². The first-order valence-electron chi connectivity index (χ1n) is 10.3. The first kappa shape index (κ1) is 24.2. The van der Waals surface area contributed by atoms with Gasteiger partial charge in [-0.15, -0.1) is 0 Å². The van der Waals surface area contributed by atoms with Gasteiger partial charge in [0.1, 0.15) is 35.0 Å². The highest BCUT2D eigenvalue weighted by molar-refractivity contribution is 5.92. The van der Waals surface area contributed by atoms with Gasteiger partial charge < -0.3 is 25.9 Å². The van der Waals surface area contributed by atoms with Crippen LogP contribution >= 0.6 is 0 Å². The van der Waals surface area contributed by atoms with Crippen LogP contribution in [0.15, 0.2) is 48.7 Å². The van der Waals surface area contributed by atoms with Gasteiger partial charge in [0.05, 0.1) is 12.2 Å². The molecule has 3 aromatic rings. The van der Waals surface area contributed by atoms with Crippen molar-refractivity contribution in [2.45, 2.75) is 24.1 Å². The molecule has 35 heavy (non-hydrogen) atoms. The number of alkyl halides is 3. The highest BCUT2D eigenvalue weighted by Gasteiger charge is 2.57. The summed E-state index contributed by atoms with van der Waals surface area (Å²) in [6.45, 7) is -0.165. The fourth-order valence-corrected chi connectivity index (χ4v) is 3.71. The summed E-state index contributed by atoms with van der Waals surface area (Å²) in [5, 5.41) is 12.9. The second-order valence-corrected chi connectivity index (χ2v) is 8.35. The number of ether oxygens (including phenoxy) is 1. The minimum absolute atomic E-state index is 0.0124. The molecule has 0 bridgehead atoms. The lowest BCUT2D eigenvalue weighted by Gasteiger charge is -2.31. The molecule has 2 amide bonds. The molecule has 0 saturated carbocycles. The number of hydrogen-bond donors (Lipinski definition) is 4. The van der Waals surface area contributed by atoms with E-state index in [0.29, 0.717) is 0 Å². The Morgan fingerprint density at radius 2 is 1.94 bits per heavy atom. The molecular formula is C23H20F4N4O4. The Bertz CT molecular complexity index is 1280. The molecule has 12 heteroatoms. The Labute approximate surface area is 196 Å². The van der Waals surface area contributed by atoms with Crippen molar-refractivity contribution in [1.82, 2.24) is 15.3 Å². The number of carbonyl (C=O) groups is 2. The summed E-state index contributed by atoms with van der Waals surface area (Å²) < 4.78 is 61.8. The number of aromatic amines is 1. The third kappa shape index (κ3) is 4.09.